The van der Waals surface area contributed by atoms with Crippen LogP contribution in [-0.2, 0) is 9.53 Å². The van der Waals surface area contributed by atoms with Gasteiger partial charge in [-0.2, -0.15) is 0 Å². The van der Waals surface area contributed by atoms with Crippen molar-refractivity contribution in [2.24, 2.45) is 5.92 Å². The van der Waals surface area contributed by atoms with E-state index < -0.39 is 0 Å². The Morgan fingerprint density at radius 3 is 2.47 bits per heavy atom. The summed E-state index contributed by atoms with van der Waals surface area (Å²) >= 11 is 0. The van der Waals surface area contributed by atoms with E-state index in [2.05, 4.69) is 6.58 Å². The average Bonchev–Trinajstić information content (AvgIpc) is 2.18. The Kier molecular flexibility index (Phi) is 7.05. The average molecular weight is 214 g/mol. The normalized spacial score (nSPS) is 14.4. The molecule has 2 unspecified atom stereocenters. The molecule has 0 aromatic heterocycles. The highest BCUT2D eigenvalue weighted by Crippen LogP contribution is 2.14. The van der Waals surface area contributed by atoms with Crippen LogP contribution in [0.3, 0.4) is 0 Å². The summed E-state index contributed by atoms with van der Waals surface area (Å²) in [5.41, 5.74) is 0.398. The highest BCUT2D eigenvalue weighted by atomic mass is 16.5. The number of esters is 1. The lowest BCUT2D eigenvalue weighted by atomic mass is 9.97. The fourth-order valence-corrected chi connectivity index (χ4v) is 1.34. The SMILES string of the molecule is C=C(C)C(=O)OCC(CC)C(O)CCC. The molecule has 0 amide bonds. The quantitative estimate of drug-likeness (QED) is 0.522. The smallest absolute Gasteiger partial charge is 0.333 e. The summed E-state index contributed by atoms with van der Waals surface area (Å²) in [5.74, 6) is -0.342. The molecule has 0 bridgehead atoms. The van der Waals surface area contributed by atoms with Crippen LogP contribution in [0.4, 0.5) is 0 Å². The molecule has 0 aliphatic carbocycles. The van der Waals surface area contributed by atoms with Crippen molar-refractivity contribution in [3.05, 3.63) is 12.2 Å². The number of aliphatic hydroxyl groups excluding tert-OH is 1. The van der Waals surface area contributed by atoms with Crippen LogP contribution in [0.1, 0.15) is 40.0 Å². The van der Waals surface area contributed by atoms with Gasteiger partial charge in [-0.3, -0.25) is 0 Å². The number of carbonyl (C=O) groups excluding carboxylic acids is 1. The lowest BCUT2D eigenvalue weighted by Gasteiger charge is -2.20. The van der Waals surface area contributed by atoms with Gasteiger partial charge in [0, 0.05) is 11.5 Å². The van der Waals surface area contributed by atoms with Gasteiger partial charge < -0.3 is 9.84 Å². The van der Waals surface area contributed by atoms with Crippen LogP contribution in [-0.4, -0.2) is 23.8 Å². The third-order valence-electron chi connectivity index (χ3n) is 2.43. The molecular weight excluding hydrogens is 192 g/mol. The van der Waals surface area contributed by atoms with Crippen LogP contribution < -0.4 is 0 Å². The first-order valence-corrected chi connectivity index (χ1v) is 5.53. The van der Waals surface area contributed by atoms with E-state index in [1.807, 2.05) is 13.8 Å². The van der Waals surface area contributed by atoms with Crippen LogP contribution in [0.15, 0.2) is 12.2 Å². The fraction of sp³-hybridized carbons (Fsp3) is 0.750. The zero-order chi connectivity index (χ0) is 11.8. The topological polar surface area (TPSA) is 46.5 Å². The van der Waals surface area contributed by atoms with Gasteiger partial charge in [-0.1, -0.05) is 26.8 Å². The summed E-state index contributed by atoms with van der Waals surface area (Å²) in [6.07, 6.45) is 2.12. The zero-order valence-electron chi connectivity index (χ0n) is 9.95. The summed E-state index contributed by atoms with van der Waals surface area (Å²) in [6, 6.07) is 0. The Morgan fingerprint density at radius 1 is 1.47 bits per heavy atom. The molecule has 0 aromatic carbocycles. The van der Waals surface area contributed by atoms with Crippen LogP contribution in [0.5, 0.6) is 0 Å². The van der Waals surface area contributed by atoms with Gasteiger partial charge >= 0.3 is 5.97 Å². The molecule has 88 valence electrons. The van der Waals surface area contributed by atoms with E-state index in [9.17, 15) is 9.90 Å². The van der Waals surface area contributed by atoms with E-state index in [0.717, 1.165) is 19.3 Å². The van der Waals surface area contributed by atoms with E-state index in [4.69, 9.17) is 4.74 Å². The molecule has 0 aliphatic rings. The lowest BCUT2D eigenvalue weighted by Crippen LogP contribution is -2.25. The number of aliphatic hydroxyl groups is 1. The predicted molar refractivity (Wildman–Crippen MR) is 60.5 cm³/mol. The van der Waals surface area contributed by atoms with Crippen molar-refractivity contribution in [1.29, 1.82) is 0 Å². The number of hydrogen-bond acceptors (Lipinski definition) is 3. The second-order valence-electron chi connectivity index (χ2n) is 3.90. The Hall–Kier alpha value is -0.830. The molecule has 15 heavy (non-hydrogen) atoms. The van der Waals surface area contributed by atoms with Crippen LogP contribution in [0.25, 0.3) is 0 Å². The van der Waals surface area contributed by atoms with Gasteiger partial charge in [-0.25, -0.2) is 4.79 Å². The lowest BCUT2D eigenvalue weighted by molar-refractivity contribution is -0.141. The summed E-state index contributed by atoms with van der Waals surface area (Å²) in [5, 5.41) is 9.75. The molecule has 0 radical (unpaired) electrons. The van der Waals surface area contributed by atoms with Crippen molar-refractivity contribution >= 4 is 5.97 Å². The predicted octanol–water partition coefficient (Wildman–Crippen LogP) is 2.29. The first kappa shape index (κ1) is 14.2. The summed E-state index contributed by atoms with van der Waals surface area (Å²) < 4.78 is 5.03. The van der Waals surface area contributed by atoms with Crippen molar-refractivity contribution in [2.75, 3.05) is 6.61 Å². The van der Waals surface area contributed by atoms with E-state index in [-0.39, 0.29) is 24.6 Å². The maximum absolute atomic E-state index is 11.1. The summed E-state index contributed by atoms with van der Waals surface area (Å²) in [6.45, 7) is 9.41. The zero-order valence-corrected chi connectivity index (χ0v) is 9.95. The third-order valence-corrected chi connectivity index (χ3v) is 2.43. The molecule has 2 atom stereocenters. The third kappa shape index (κ3) is 5.57. The highest BCUT2D eigenvalue weighted by molar-refractivity contribution is 5.86. The first-order valence-electron chi connectivity index (χ1n) is 5.53. The van der Waals surface area contributed by atoms with Crippen molar-refractivity contribution < 1.29 is 14.6 Å². The second-order valence-corrected chi connectivity index (χ2v) is 3.90. The molecule has 3 nitrogen and oxygen atoms in total. The van der Waals surface area contributed by atoms with Crippen molar-refractivity contribution in [3.63, 3.8) is 0 Å². The molecule has 1 N–H and O–H groups in total. The largest absolute Gasteiger partial charge is 0.462 e. The van der Waals surface area contributed by atoms with Crippen molar-refractivity contribution in [3.8, 4) is 0 Å². The van der Waals surface area contributed by atoms with E-state index in [1.54, 1.807) is 6.92 Å². The molecule has 0 heterocycles. The number of ether oxygens (including phenoxy) is 1. The maximum atomic E-state index is 11.1. The van der Waals surface area contributed by atoms with E-state index >= 15 is 0 Å². The van der Waals surface area contributed by atoms with Crippen LogP contribution in [0.2, 0.25) is 0 Å². The minimum absolute atomic E-state index is 0.0354. The molecule has 0 fully saturated rings. The van der Waals surface area contributed by atoms with Crippen LogP contribution in [0, 0.1) is 5.92 Å². The van der Waals surface area contributed by atoms with Gasteiger partial charge in [0.05, 0.1) is 12.7 Å². The molecule has 0 saturated heterocycles. The minimum atomic E-state index is -0.378. The van der Waals surface area contributed by atoms with Gasteiger partial charge in [0.15, 0.2) is 0 Å². The van der Waals surface area contributed by atoms with Gasteiger partial charge in [0.25, 0.3) is 0 Å². The van der Waals surface area contributed by atoms with Gasteiger partial charge in [0.1, 0.15) is 0 Å². The molecule has 0 rings (SSSR count). The van der Waals surface area contributed by atoms with Gasteiger partial charge in [0.2, 0.25) is 0 Å². The monoisotopic (exact) mass is 214 g/mol. The molecule has 3 heteroatoms. The Labute approximate surface area is 92.1 Å². The summed E-state index contributed by atoms with van der Waals surface area (Å²) in [7, 11) is 0. The summed E-state index contributed by atoms with van der Waals surface area (Å²) in [4.78, 5) is 11.1. The molecular formula is C12H22O3. The van der Waals surface area contributed by atoms with Gasteiger partial charge in [-0.05, 0) is 19.8 Å². The van der Waals surface area contributed by atoms with Gasteiger partial charge in [-0.15, -0.1) is 0 Å². The van der Waals surface area contributed by atoms with Crippen molar-refractivity contribution in [2.45, 2.75) is 46.1 Å². The van der Waals surface area contributed by atoms with Crippen LogP contribution >= 0.6 is 0 Å². The molecule has 0 aliphatic heterocycles. The Balaban J connectivity index is 3.99. The number of hydrogen-bond donors (Lipinski definition) is 1. The maximum Gasteiger partial charge on any atom is 0.333 e. The van der Waals surface area contributed by atoms with Crippen molar-refractivity contribution in [1.82, 2.24) is 0 Å². The standard InChI is InChI=1S/C12H22O3/c1-5-7-11(13)10(6-2)8-15-12(14)9(3)4/h10-11,13H,3,5-8H2,1-2,4H3. The molecule has 0 spiro atoms. The van der Waals surface area contributed by atoms with E-state index in [1.165, 1.54) is 0 Å². The second kappa shape index (κ2) is 7.46. The number of carbonyl (C=O) groups is 1. The highest BCUT2D eigenvalue weighted by Gasteiger charge is 2.18. The fourth-order valence-electron chi connectivity index (χ4n) is 1.34. The minimum Gasteiger partial charge on any atom is -0.462 e. The molecule has 0 saturated carbocycles. The Bertz CT molecular complexity index is 211. The molecule has 0 aromatic rings. The first-order chi connectivity index (χ1) is 7.02. The Morgan fingerprint density at radius 2 is 2.07 bits per heavy atom. The van der Waals surface area contributed by atoms with E-state index in [0.29, 0.717) is 5.57 Å². The number of rotatable bonds is 7.